The Hall–Kier alpha value is -1.11. The fourth-order valence-electron chi connectivity index (χ4n) is 2.80. The van der Waals surface area contributed by atoms with E-state index < -0.39 is 0 Å². The Morgan fingerprint density at radius 2 is 2.26 bits per heavy atom. The van der Waals surface area contributed by atoms with Gasteiger partial charge in [-0.05, 0) is 30.7 Å². The average molecular weight is 337 g/mol. The molecule has 0 spiro atoms. The molecule has 0 amide bonds. The van der Waals surface area contributed by atoms with Crippen LogP contribution < -0.4 is 10.6 Å². The molecular formula is C17H28N4OS. The predicted molar refractivity (Wildman–Crippen MR) is 96.0 cm³/mol. The summed E-state index contributed by atoms with van der Waals surface area (Å²) < 4.78 is 5.43. The molecule has 23 heavy (non-hydrogen) atoms. The van der Waals surface area contributed by atoms with Crippen LogP contribution in [0.1, 0.15) is 25.1 Å². The number of thiophene rings is 1. The first kappa shape index (κ1) is 16.7. The minimum Gasteiger partial charge on any atom is -0.379 e. The molecule has 2 N–H and O–H groups in total. The Balaban J connectivity index is 1.51. The van der Waals surface area contributed by atoms with Crippen LogP contribution in [-0.2, 0) is 11.3 Å². The highest BCUT2D eigenvalue weighted by Crippen LogP contribution is 2.28. The van der Waals surface area contributed by atoms with E-state index in [2.05, 4.69) is 46.9 Å². The Morgan fingerprint density at radius 3 is 2.91 bits per heavy atom. The van der Waals surface area contributed by atoms with Crippen molar-refractivity contribution in [2.24, 2.45) is 10.9 Å². The van der Waals surface area contributed by atoms with Crippen LogP contribution in [-0.4, -0.2) is 55.8 Å². The summed E-state index contributed by atoms with van der Waals surface area (Å²) in [6, 6.07) is 5.30. The summed E-state index contributed by atoms with van der Waals surface area (Å²) in [6.45, 7) is 9.97. The van der Waals surface area contributed by atoms with Crippen molar-refractivity contribution >= 4 is 17.3 Å². The molecule has 1 aromatic heterocycles. The molecule has 1 aliphatic carbocycles. The molecule has 0 radical (unpaired) electrons. The van der Waals surface area contributed by atoms with Gasteiger partial charge >= 0.3 is 0 Å². The van der Waals surface area contributed by atoms with Gasteiger partial charge in [0.1, 0.15) is 0 Å². The molecule has 1 saturated heterocycles. The number of rotatable bonds is 6. The van der Waals surface area contributed by atoms with Crippen LogP contribution in [0.4, 0.5) is 0 Å². The van der Waals surface area contributed by atoms with Gasteiger partial charge in [0, 0.05) is 36.6 Å². The second-order valence-electron chi connectivity index (χ2n) is 6.59. The van der Waals surface area contributed by atoms with Gasteiger partial charge in [0.25, 0.3) is 0 Å². The normalized spacial score (nSPS) is 26.8. The first-order valence-corrected chi connectivity index (χ1v) is 9.49. The lowest BCUT2D eigenvalue weighted by atomic mass is 10.2. The van der Waals surface area contributed by atoms with Crippen molar-refractivity contribution in [3.63, 3.8) is 0 Å². The second kappa shape index (κ2) is 8.13. The molecule has 1 aromatic rings. The summed E-state index contributed by atoms with van der Waals surface area (Å²) in [5, 5.41) is 9.20. The van der Waals surface area contributed by atoms with Crippen molar-refractivity contribution in [3.05, 3.63) is 22.4 Å². The molecule has 3 atom stereocenters. The number of aliphatic imine (C=N–C) groups is 1. The summed E-state index contributed by atoms with van der Waals surface area (Å²) >= 11 is 1.76. The highest BCUT2D eigenvalue weighted by atomic mass is 32.1. The Morgan fingerprint density at radius 1 is 1.48 bits per heavy atom. The van der Waals surface area contributed by atoms with Crippen molar-refractivity contribution in [1.82, 2.24) is 15.5 Å². The van der Waals surface area contributed by atoms with E-state index in [9.17, 15) is 0 Å². The van der Waals surface area contributed by atoms with Crippen molar-refractivity contribution in [2.45, 2.75) is 38.9 Å². The lowest BCUT2D eigenvalue weighted by Crippen LogP contribution is -2.49. The Labute approximate surface area is 143 Å². The van der Waals surface area contributed by atoms with E-state index >= 15 is 0 Å². The van der Waals surface area contributed by atoms with Gasteiger partial charge in [0.2, 0.25) is 0 Å². The molecule has 6 heteroatoms. The lowest BCUT2D eigenvalue weighted by Gasteiger charge is -2.32. The fourth-order valence-corrected chi connectivity index (χ4v) is 3.43. The average Bonchev–Trinajstić information content (AvgIpc) is 3.03. The van der Waals surface area contributed by atoms with Crippen LogP contribution in [0.5, 0.6) is 0 Å². The highest BCUT2D eigenvalue weighted by Gasteiger charge is 2.33. The fraction of sp³-hybridized carbons (Fsp3) is 0.706. The number of hydrogen-bond donors (Lipinski definition) is 2. The standard InChI is InChI=1S/C17H28N4OS/c1-13-10-16(13)20-17(19-12-15-4-3-9-23-15)18-11-14(2)21-5-7-22-8-6-21/h3-4,9,13-14,16H,5-8,10-12H2,1-2H3,(H2,18,19,20)/t13-,14-,16+/m1/s1. The van der Waals surface area contributed by atoms with E-state index in [1.165, 1.54) is 11.3 Å². The van der Waals surface area contributed by atoms with E-state index in [-0.39, 0.29) is 0 Å². The molecule has 5 nitrogen and oxygen atoms in total. The van der Waals surface area contributed by atoms with E-state index in [0.717, 1.165) is 51.3 Å². The number of hydrogen-bond acceptors (Lipinski definition) is 4. The molecule has 0 aromatic carbocycles. The van der Waals surface area contributed by atoms with Crippen LogP contribution in [0.2, 0.25) is 0 Å². The third-order valence-corrected chi connectivity index (χ3v) is 5.50. The number of ether oxygens (including phenoxy) is 1. The summed E-state index contributed by atoms with van der Waals surface area (Å²) in [6.07, 6.45) is 1.25. The zero-order valence-corrected chi connectivity index (χ0v) is 14.9. The van der Waals surface area contributed by atoms with Gasteiger partial charge in [-0.1, -0.05) is 13.0 Å². The van der Waals surface area contributed by atoms with Crippen LogP contribution in [0.3, 0.4) is 0 Å². The van der Waals surface area contributed by atoms with Crippen LogP contribution in [0.15, 0.2) is 22.5 Å². The molecule has 1 saturated carbocycles. The minimum atomic E-state index is 0.490. The summed E-state index contributed by atoms with van der Waals surface area (Å²) in [5.41, 5.74) is 0. The Bertz CT molecular complexity index is 499. The van der Waals surface area contributed by atoms with Gasteiger partial charge < -0.3 is 15.4 Å². The van der Waals surface area contributed by atoms with Gasteiger partial charge in [-0.25, -0.2) is 4.99 Å². The lowest BCUT2D eigenvalue weighted by molar-refractivity contribution is 0.0211. The van der Waals surface area contributed by atoms with Crippen molar-refractivity contribution in [2.75, 3.05) is 32.8 Å². The van der Waals surface area contributed by atoms with Crippen molar-refractivity contribution in [3.8, 4) is 0 Å². The zero-order valence-electron chi connectivity index (χ0n) is 14.1. The highest BCUT2D eigenvalue weighted by molar-refractivity contribution is 7.09. The second-order valence-corrected chi connectivity index (χ2v) is 7.62. The number of nitrogens with zero attached hydrogens (tertiary/aromatic N) is 2. The zero-order chi connectivity index (χ0) is 16.1. The quantitative estimate of drug-likeness (QED) is 0.615. The summed E-state index contributed by atoms with van der Waals surface area (Å²) in [4.78, 5) is 8.54. The molecule has 2 heterocycles. The smallest absolute Gasteiger partial charge is 0.191 e. The molecule has 0 bridgehead atoms. The van der Waals surface area contributed by atoms with Crippen LogP contribution in [0.25, 0.3) is 0 Å². The minimum absolute atomic E-state index is 0.490. The molecular weight excluding hydrogens is 308 g/mol. The molecule has 2 fully saturated rings. The van der Waals surface area contributed by atoms with E-state index in [1.807, 2.05) is 0 Å². The van der Waals surface area contributed by atoms with Gasteiger partial charge in [-0.2, -0.15) is 0 Å². The van der Waals surface area contributed by atoms with Gasteiger partial charge in [0.05, 0.1) is 19.8 Å². The van der Waals surface area contributed by atoms with Gasteiger partial charge in [-0.3, -0.25) is 4.90 Å². The maximum atomic E-state index is 5.43. The van der Waals surface area contributed by atoms with E-state index in [0.29, 0.717) is 12.1 Å². The predicted octanol–water partition coefficient (Wildman–Crippen LogP) is 1.91. The summed E-state index contributed by atoms with van der Waals surface area (Å²) in [7, 11) is 0. The molecule has 2 aliphatic rings. The first-order chi connectivity index (χ1) is 11.2. The monoisotopic (exact) mass is 336 g/mol. The number of guanidine groups is 1. The van der Waals surface area contributed by atoms with Crippen molar-refractivity contribution < 1.29 is 4.74 Å². The van der Waals surface area contributed by atoms with E-state index in [4.69, 9.17) is 9.73 Å². The van der Waals surface area contributed by atoms with Crippen LogP contribution in [0, 0.1) is 5.92 Å². The third kappa shape index (κ3) is 5.19. The Kier molecular flexibility index (Phi) is 5.91. The van der Waals surface area contributed by atoms with Gasteiger partial charge in [0.15, 0.2) is 5.96 Å². The van der Waals surface area contributed by atoms with Gasteiger partial charge in [-0.15, -0.1) is 11.3 Å². The molecule has 1 aliphatic heterocycles. The first-order valence-electron chi connectivity index (χ1n) is 8.61. The topological polar surface area (TPSA) is 48.9 Å². The third-order valence-electron chi connectivity index (χ3n) is 4.64. The molecule has 3 rings (SSSR count). The SMILES string of the molecule is C[C@@H]1C[C@@H]1NC(=NCc1cccs1)NC[C@@H](C)N1CCOCC1. The van der Waals surface area contributed by atoms with Crippen molar-refractivity contribution in [1.29, 1.82) is 0 Å². The maximum absolute atomic E-state index is 5.43. The number of morpholine rings is 1. The largest absolute Gasteiger partial charge is 0.379 e. The van der Waals surface area contributed by atoms with E-state index in [1.54, 1.807) is 11.3 Å². The maximum Gasteiger partial charge on any atom is 0.191 e. The number of nitrogens with one attached hydrogen (secondary N) is 2. The summed E-state index contributed by atoms with van der Waals surface area (Å²) in [5.74, 6) is 1.72. The van der Waals surface area contributed by atoms with Crippen LogP contribution >= 0.6 is 11.3 Å². The molecule has 0 unspecified atom stereocenters. The molecule has 128 valence electrons.